The first-order valence-electron chi connectivity index (χ1n) is 7.07. The fourth-order valence-electron chi connectivity index (χ4n) is 2.43. The van der Waals surface area contributed by atoms with Gasteiger partial charge in [0.15, 0.2) is 5.69 Å². The first-order chi connectivity index (χ1) is 11.3. The van der Waals surface area contributed by atoms with Crippen molar-refractivity contribution in [3.63, 3.8) is 0 Å². The number of rotatable bonds is 3. The van der Waals surface area contributed by atoms with Gasteiger partial charge in [-0.3, -0.25) is 9.78 Å². The van der Waals surface area contributed by atoms with E-state index in [2.05, 4.69) is 20.5 Å². The molecule has 23 heavy (non-hydrogen) atoms. The molecule has 0 bridgehead atoms. The molecular weight excluding hydrogens is 308 g/mol. The first kappa shape index (κ1) is 13.7. The SMILES string of the molecule is O=c1[nH]c(Nc2cccc3ccccc23)nnc1-c1cccs1. The van der Waals surface area contributed by atoms with Gasteiger partial charge in [-0.25, -0.2) is 0 Å². The third-order valence-electron chi connectivity index (χ3n) is 3.49. The third kappa shape index (κ3) is 2.60. The Kier molecular flexibility index (Phi) is 3.36. The Morgan fingerprint density at radius 2 is 1.83 bits per heavy atom. The predicted octanol–water partition coefficient (Wildman–Crippen LogP) is 3.79. The Bertz CT molecular complexity index is 1020. The highest BCUT2D eigenvalue weighted by atomic mass is 32.1. The maximum Gasteiger partial charge on any atom is 0.280 e. The van der Waals surface area contributed by atoms with E-state index in [0.717, 1.165) is 21.3 Å². The van der Waals surface area contributed by atoms with Gasteiger partial charge in [-0.05, 0) is 22.9 Å². The summed E-state index contributed by atoms with van der Waals surface area (Å²) >= 11 is 1.46. The van der Waals surface area contributed by atoms with E-state index in [1.165, 1.54) is 11.3 Å². The van der Waals surface area contributed by atoms with Crippen LogP contribution in [-0.4, -0.2) is 15.2 Å². The summed E-state index contributed by atoms with van der Waals surface area (Å²) < 4.78 is 0. The number of anilines is 2. The summed E-state index contributed by atoms with van der Waals surface area (Å²) in [5.41, 5.74) is 0.950. The molecule has 0 saturated heterocycles. The normalized spacial score (nSPS) is 10.8. The molecular formula is C17H12N4OS. The van der Waals surface area contributed by atoms with E-state index in [-0.39, 0.29) is 5.56 Å². The van der Waals surface area contributed by atoms with E-state index in [1.807, 2.05) is 60.0 Å². The van der Waals surface area contributed by atoms with Crippen LogP contribution < -0.4 is 10.9 Å². The second-order valence-electron chi connectivity index (χ2n) is 4.98. The Morgan fingerprint density at radius 3 is 2.65 bits per heavy atom. The summed E-state index contributed by atoms with van der Waals surface area (Å²) in [6.07, 6.45) is 0. The van der Waals surface area contributed by atoms with Crippen LogP contribution >= 0.6 is 11.3 Å². The van der Waals surface area contributed by atoms with Gasteiger partial charge < -0.3 is 5.32 Å². The topological polar surface area (TPSA) is 70.7 Å². The van der Waals surface area contributed by atoms with Crippen LogP contribution in [0.3, 0.4) is 0 Å². The molecule has 0 aliphatic heterocycles. The summed E-state index contributed by atoms with van der Waals surface area (Å²) in [6, 6.07) is 17.7. The predicted molar refractivity (Wildman–Crippen MR) is 93.2 cm³/mol. The molecule has 0 spiro atoms. The highest BCUT2D eigenvalue weighted by molar-refractivity contribution is 7.13. The molecule has 0 atom stereocenters. The molecule has 2 aromatic carbocycles. The van der Waals surface area contributed by atoms with Crippen molar-refractivity contribution in [3.05, 3.63) is 70.3 Å². The molecule has 0 unspecified atom stereocenters. The molecule has 0 amide bonds. The summed E-state index contributed by atoms with van der Waals surface area (Å²) in [7, 11) is 0. The van der Waals surface area contributed by atoms with E-state index in [9.17, 15) is 4.79 Å². The second kappa shape index (κ2) is 5.66. The lowest BCUT2D eigenvalue weighted by atomic mass is 10.1. The maximum absolute atomic E-state index is 12.2. The fraction of sp³-hybridized carbons (Fsp3) is 0. The van der Waals surface area contributed by atoms with E-state index in [1.54, 1.807) is 0 Å². The molecule has 4 rings (SSSR count). The first-order valence-corrected chi connectivity index (χ1v) is 7.95. The number of fused-ring (bicyclic) bond motifs is 1. The third-order valence-corrected chi connectivity index (χ3v) is 4.37. The zero-order valence-corrected chi connectivity index (χ0v) is 12.8. The van der Waals surface area contributed by atoms with Crippen molar-refractivity contribution < 1.29 is 0 Å². The minimum Gasteiger partial charge on any atom is -0.324 e. The van der Waals surface area contributed by atoms with E-state index >= 15 is 0 Å². The van der Waals surface area contributed by atoms with Gasteiger partial charge in [0.2, 0.25) is 5.95 Å². The lowest BCUT2D eigenvalue weighted by Crippen LogP contribution is -2.15. The molecule has 2 heterocycles. The van der Waals surface area contributed by atoms with Gasteiger partial charge in [-0.15, -0.1) is 21.5 Å². The zero-order chi connectivity index (χ0) is 15.6. The number of aromatic amines is 1. The highest BCUT2D eigenvalue weighted by Gasteiger charge is 2.09. The smallest absolute Gasteiger partial charge is 0.280 e. The van der Waals surface area contributed by atoms with Crippen molar-refractivity contribution in [2.75, 3.05) is 5.32 Å². The molecule has 0 saturated carbocycles. The van der Waals surface area contributed by atoms with Gasteiger partial charge >= 0.3 is 0 Å². The van der Waals surface area contributed by atoms with Crippen LogP contribution in [0.1, 0.15) is 0 Å². The molecule has 4 aromatic rings. The van der Waals surface area contributed by atoms with Crippen LogP contribution in [0.4, 0.5) is 11.6 Å². The minimum atomic E-state index is -0.259. The van der Waals surface area contributed by atoms with Crippen molar-refractivity contribution in [1.29, 1.82) is 0 Å². The van der Waals surface area contributed by atoms with Crippen LogP contribution in [0.25, 0.3) is 21.3 Å². The lowest BCUT2D eigenvalue weighted by Gasteiger charge is -2.08. The minimum absolute atomic E-state index is 0.259. The quantitative estimate of drug-likeness (QED) is 0.602. The van der Waals surface area contributed by atoms with Crippen LogP contribution in [0.2, 0.25) is 0 Å². The number of aromatic nitrogens is 3. The average molecular weight is 320 g/mol. The molecule has 0 aliphatic rings. The van der Waals surface area contributed by atoms with Gasteiger partial charge in [-0.2, -0.15) is 0 Å². The largest absolute Gasteiger partial charge is 0.324 e. The summed E-state index contributed by atoms with van der Waals surface area (Å²) in [5, 5.41) is 15.3. The standard InChI is InChI=1S/C17H12N4OS/c22-16-15(14-9-4-10-23-14)20-21-17(19-16)18-13-8-3-6-11-5-1-2-7-12(11)13/h1-10H,(H2,18,19,21,22). The Morgan fingerprint density at radius 1 is 0.957 bits per heavy atom. The van der Waals surface area contributed by atoms with E-state index in [0.29, 0.717) is 11.6 Å². The molecule has 2 N–H and O–H groups in total. The fourth-order valence-corrected chi connectivity index (χ4v) is 3.14. The van der Waals surface area contributed by atoms with Gasteiger partial charge in [0.05, 0.1) is 4.88 Å². The highest BCUT2D eigenvalue weighted by Crippen LogP contribution is 2.25. The van der Waals surface area contributed by atoms with E-state index < -0.39 is 0 Å². The number of nitrogens with one attached hydrogen (secondary N) is 2. The number of benzene rings is 2. The van der Waals surface area contributed by atoms with Crippen molar-refractivity contribution in [3.8, 4) is 10.6 Å². The molecule has 112 valence electrons. The van der Waals surface area contributed by atoms with Crippen LogP contribution in [-0.2, 0) is 0 Å². The zero-order valence-electron chi connectivity index (χ0n) is 12.0. The van der Waals surface area contributed by atoms with Crippen molar-refractivity contribution in [2.24, 2.45) is 0 Å². The molecule has 2 aromatic heterocycles. The summed E-state index contributed by atoms with van der Waals surface area (Å²) in [5.74, 6) is 0.326. The Hall–Kier alpha value is -2.99. The Labute approximate surface area is 135 Å². The maximum atomic E-state index is 12.2. The Balaban J connectivity index is 1.72. The molecule has 0 aliphatic carbocycles. The number of thiophene rings is 1. The van der Waals surface area contributed by atoms with Crippen LogP contribution in [0, 0.1) is 0 Å². The van der Waals surface area contributed by atoms with Crippen molar-refractivity contribution in [2.45, 2.75) is 0 Å². The monoisotopic (exact) mass is 320 g/mol. The number of nitrogens with zero attached hydrogens (tertiary/aromatic N) is 2. The summed E-state index contributed by atoms with van der Waals surface area (Å²) in [4.78, 5) is 15.7. The van der Waals surface area contributed by atoms with Crippen molar-refractivity contribution >= 4 is 33.7 Å². The van der Waals surface area contributed by atoms with Gasteiger partial charge in [0, 0.05) is 11.1 Å². The van der Waals surface area contributed by atoms with Crippen LogP contribution in [0.5, 0.6) is 0 Å². The summed E-state index contributed by atoms with van der Waals surface area (Å²) in [6.45, 7) is 0. The molecule has 0 radical (unpaired) electrons. The molecule has 0 fully saturated rings. The van der Waals surface area contributed by atoms with Gasteiger partial charge in [0.1, 0.15) is 0 Å². The lowest BCUT2D eigenvalue weighted by molar-refractivity contribution is 0.965. The number of hydrogen-bond donors (Lipinski definition) is 2. The number of hydrogen-bond acceptors (Lipinski definition) is 5. The average Bonchev–Trinajstić information content (AvgIpc) is 3.10. The molecule has 5 nitrogen and oxygen atoms in total. The van der Waals surface area contributed by atoms with E-state index in [4.69, 9.17) is 0 Å². The second-order valence-corrected chi connectivity index (χ2v) is 5.93. The van der Waals surface area contributed by atoms with Gasteiger partial charge in [0.25, 0.3) is 5.56 Å². The number of H-pyrrole nitrogens is 1. The molecule has 6 heteroatoms. The van der Waals surface area contributed by atoms with Crippen molar-refractivity contribution in [1.82, 2.24) is 15.2 Å². The van der Waals surface area contributed by atoms with Gasteiger partial charge in [-0.1, -0.05) is 42.5 Å². The van der Waals surface area contributed by atoms with Crippen LogP contribution in [0.15, 0.2) is 64.8 Å².